The number of nitrogens with one attached hydrogen (secondary N) is 1. The molecule has 3 nitrogen and oxygen atoms in total. The van der Waals surface area contributed by atoms with Crippen LogP contribution >= 0.6 is 12.4 Å². The van der Waals surface area contributed by atoms with Crippen LogP contribution in [0, 0.1) is 0 Å². The van der Waals surface area contributed by atoms with E-state index in [-0.39, 0.29) is 19.0 Å². The minimum Gasteiger partial charge on any atom is -0.345 e. The van der Waals surface area contributed by atoms with Gasteiger partial charge in [0.1, 0.15) is 0 Å². The van der Waals surface area contributed by atoms with Gasteiger partial charge in [-0.2, -0.15) is 8.78 Å². The van der Waals surface area contributed by atoms with Crippen LogP contribution in [0.2, 0.25) is 0 Å². The molecule has 0 aromatic heterocycles. The number of hydrogen-bond donors (Lipinski definition) is 2. The molecule has 0 aromatic carbocycles. The molecule has 8 heteroatoms. The first-order valence-corrected chi connectivity index (χ1v) is 3.82. The van der Waals surface area contributed by atoms with E-state index in [1.54, 1.807) is 5.32 Å². The minimum absolute atomic E-state index is 0. The van der Waals surface area contributed by atoms with Crippen molar-refractivity contribution in [3.05, 3.63) is 0 Å². The molecule has 0 aliphatic carbocycles. The zero-order valence-electron chi connectivity index (χ0n) is 8.19. The number of carbonyl (C=O) groups is 1. The van der Waals surface area contributed by atoms with Gasteiger partial charge in [0.2, 0.25) is 0 Å². The van der Waals surface area contributed by atoms with Gasteiger partial charge in [-0.3, -0.25) is 4.79 Å². The molecule has 0 fully saturated rings. The van der Waals surface area contributed by atoms with Gasteiger partial charge in [-0.05, 0) is 13.8 Å². The predicted octanol–water partition coefficient (Wildman–Crippen LogP) is 1.16. The molecule has 0 heterocycles. The van der Waals surface area contributed by atoms with Gasteiger partial charge in [-0.15, -0.1) is 12.4 Å². The number of hydrogen-bond acceptors (Lipinski definition) is 2. The predicted molar refractivity (Wildman–Crippen MR) is 49.5 cm³/mol. The highest BCUT2D eigenvalue weighted by Gasteiger charge is 2.49. The van der Waals surface area contributed by atoms with Crippen molar-refractivity contribution in [1.29, 1.82) is 0 Å². The highest BCUT2D eigenvalue weighted by Crippen LogP contribution is 2.23. The molecule has 0 radical (unpaired) electrons. The Kier molecular flexibility index (Phi) is 6.18. The maximum atomic E-state index is 12.4. The van der Waals surface area contributed by atoms with E-state index in [1.807, 2.05) is 0 Å². The quantitative estimate of drug-likeness (QED) is 0.738. The summed E-state index contributed by atoms with van der Waals surface area (Å²) in [6, 6.07) is 0. The Morgan fingerprint density at radius 3 is 2.07 bits per heavy atom. The number of amides is 1. The Morgan fingerprint density at radius 2 is 1.80 bits per heavy atom. The summed E-state index contributed by atoms with van der Waals surface area (Å²) >= 11 is 0. The molecule has 0 rings (SSSR count). The van der Waals surface area contributed by atoms with Crippen molar-refractivity contribution in [2.45, 2.75) is 31.7 Å². The Bertz CT molecular complexity index is 223. The van der Waals surface area contributed by atoms with Crippen LogP contribution in [0.15, 0.2) is 0 Å². The second kappa shape index (κ2) is 5.50. The molecule has 92 valence electrons. The van der Waals surface area contributed by atoms with E-state index in [1.165, 1.54) is 13.8 Å². The first-order chi connectivity index (χ1) is 6.13. The third-order valence-corrected chi connectivity index (χ3v) is 1.54. The molecule has 0 unspecified atom stereocenters. The Balaban J connectivity index is 0. The second-order valence-corrected chi connectivity index (χ2v) is 3.47. The van der Waals surface area contributed by atoms with Crippen LogP contribution in [0.25, 0.3) is 0 Å². The smallest absolute Gasteiger partial charge is 0.345 e. The number of rotatable bonds is 4. The van der Waals surface area contributed by atoms with E-state index >= 15 is 0 Å². The fraction of sp³-hybridized carbons (Fsp3) is 0.857. The summed E-state index contributed by atoms with van der Waals surface area (Å²) in [6.45, 7) is 2.58. The lowest BCUT2D eigenvalue weighted by Gasteiger charge is -2.26. The van der Waals surface area contributed by atoms with Crippen molar-refractivity contribution in [3.63, 3.8) is 0 Å². The third kappa shape index (κ3) is 4.65. The number of alkyl halides is 4. The van der Waals surface area contributed by atoms with Crippen LogP contribution in [0.3, 0.4) is 0 Å². The fourth-order valence-electron chi connectivity index (χ4n) is 0.541. The molecule has 1 amide bonds. The zero-order chi connectivity index (χ0) is 11.6. The van der Waals surface area contributed by atoms with Crippen molar-refractivity contribution in [2.24, 2.45) is 5.73 Å². The van der Waals surface area contributed by atoms with E-state index in [2.05, 4.69) is 0 Å². The van der Waals surface area contributed by atoms with Gasteiger partial charge in [0.25, 0.3) is 5.91 Å². The average Bonchev–Trinajstić information content (AvgIpc) is 2.03. The summed E-state index contributed by atoms with van der Waals surface area (Å²) < 4.78 is 48.2. The Labute approximate surface area is 90.8 Å². The van der Waals surface area contributed by atoms with Crippen LogP contribution in [-0.2, 0) is 4.79 Å². The third-order valence-electron chi connectivity index (χ3n) is 1.54. The van der Waals surface area contributed by atoms with Gasteiger partial charge in [0.15, 0.2) is 0 Å². The van der Waals surface area contributed by atoms with Crippen LogP contribution in [0.5, 0.6) is 0 Å². The van der Waals surface area contributed by atoms with Gasteiger partial charge >= 0.3 is 12.3 Å². The second-order valence-electron chi connectivity index (χ2n) is 3.47. The molecule has 0 spiro atoms. The molecule has 0 atom stereocenters. The van der Waals surface area contributed by atoms with E-state index in [9.17, 15) is 22.4 Å². The molecular formula is C7H13ClF4N2O. The van der Waals surface area contributed by atoms with Gasteiger partial charge in [-0.25, -0.2) is 8.78 Å². The molecule has 0 saturated carbocycles. The molecule has 0 bridgehead atoms. The maximum Gasteiger partial charge on any atom is 0.383 e. The molecule has 15 heavy (non-hydrogen) atoms. The lowest BCUT2D eigenvalue weighted by molar-refractivity contribution is -0.171. The molecule has 0 saturated heterocycles. The maximum absolute atomic E-state index is 12.4. The summed E-state index contributed by atoms with van der Waals surface area (Å²) in [4.78, 5) is 10.7. The first kappa shape index (κ1) is 16.9. The van der Waals surface area contributed by atoms with Crippen molar-refractivity contribution >= 4 is 18.3 Å². The Hall–Kier alpha value is -0.560. The number of halogens is 5. The molecular weight excluding hydrogens is 240 g/mol. The SMILES string of the molecule is CC(C)(CN)NC(=O)C(F)(F)C(F)F.Cl. The summed E-state index contributed by atoms with van der Waals surface area (Å²) in [5, 5.41) is 1.73. The van der Waals surface area contributed by atoms with Crippen molar-refractivity contribution in [3.8, 4) is 0 Å². The van der Waals surface area contributed by atoms with E-state index < -0.39 is 23.8 Å². The highest BCUT2D eigenvalue weighted by atomic mass is 35.5. The summed E-state index contributed by atoms with van der Waals surface area (Å²) in [5.41, 5.74) is 4.00. The van der Waals surface area contributed by atoms with Gasteiger partial charge < -0.3 is 11.1 Å². The van der Waals surface area contributed by atoms with E-state index in [4.69, 9.17) is 5.73 Å². The average molecular weight is 253 g/mol. The van der Waals surface area contributed by atoms with Crippen molar-refractivity contribution in [2.75, 3.05) is 6.54 Å². The normalized spacial score (nSPS) is 12.3. The van der Waals surface area contributed by atoms with Crippen molar-refractivity contribution < 1.29 is 22.4 Å². The van der Waals surface area contributed by atoms with Crippen LogP contribution < -0.4 is 11.1 Å². The summed E-state index contributed by atoms with van der Waals surface area (Å²) in [5.74, 6) is -6.69. The Morgan fingerprint density at radius 1 is 1.40 bits per heavy atom. The highest BCUT2D eigenvalue weighted by molar-refractivity contribution is 5.85. The topological polar surface area (TPSA) is 55.1 Å². The summed E-state index contributed by atoms with van der Waals surface area (Å²) in [7, 11) is 0. The lowest BCUT2D eigenvalue weighted by Crippen LogP contribution is -2.56. The van der Waals surface area contributed by atoms with E-state index in [0.717, 1.165) is 0 Å². The molecule has 0 aliphatic heterocycles. The van der Waals surface area contributed by atoms with Gasteiger partial charge in [0.05, 0.1) is 0 Å². The van der Waals surface area contributed by atoms with Crippen LogP contribution in [0.1, 0.15) is 13.8 Å². The van der Waals surface area contributed by atoms with Gasteiger partial charge in [-0.1, -0.05) is 0 Å². The fourth-order valence-corrected chi connectivity index (χ4v) is 0.541. The monoisotopic (exact) mass is 252 g/mol. The molecule has 0 aliphatic rings. The van der Waals surface area contributed by atoms with Crippen LogP contribution in [0.4, 0.5) is 17.6 Å². The van der Waals surface area contributed by atoms with Crippen LogP contribution in [-0.4, -0.2) is 30.3 Å². The first-order valence-electron chi connectivity index (χ1n) is 3.82. The standard InChI is InChI=1S/C7H12F4N2O.ClH/c1-6(2,3-12)13-5(14)7(10,11)4(8)9;/h4H,3,12H2,1-2H3,(H,13,14);1H. The molecule has 0 aromatic rings. The van der Waals surface area contributed by atoms with E-state index in [0.29, 0.717) is 0 Å². The van der Waals surface area contributed by atoms with Crippen molar-refractivity contribution in [1.82, 2.24) is 5.32 Å². The largest absolute Gasteiger partial charge is 0.383 e. The summed E-state index contributed by atoms with van der Waals surface area (Å²) in [6.07, 6.45) is -4.02. The number of carbonyl (C=O) groups excluding carboxylic acids is 1. The van der Waals surface area contributed by atoms with Gasteiger partial charge in [0, 0.05) is 12.1 Å². The zero-order valence-corrected chi connectivity index (χ0v) is 9.01. The lowest BCUT2D eigenvalue weighted by atomic mass is 10.1. The number of nitrogens with two attached hydrogens (primary N) is 1. The molecule has 3 N–H and O–H groups in total. The minimum atomic E-state index is -4.67.